The molecule has 2 aliphatic heterocycles. The quantitative estimate of drug-likeness (QED) is 0.0604. The maximum atomic E-state index is 13.9. The molecule has 6 amide bonds. The van der Waals surface area contributed by atoms with Gasteiger partial charge in [0.15, 0.2) is 0 Å². The van der Waals surface area contributed by atoms with Crippen LogP contribution in [0.2, 0.25) is 0 Å². The molecule has 20 heteroatoms. The van der Waals surface area contributed by atoms with Crippen molar-refractivity contribution in [3.05, 3.63) is 120 Å². The van der Waals surface area contributed by atoms with Gasteiger partial charge in [-0.05, 0) is 62.1 Å². The number of carbonyl (C=O) groups is 8. The Bertz CT molecular complexity index is 2360. The number of thioether (sulfide) groups is 2. The van der Waals surface area contributed by atoms with Crippen LogP contribution in [-0.4, -0.2) is 128 Å². The number of carbonyl (C=O) groups excluding carboxylic acids is 6. The lowest BCUT2D eigenvalue weighted by Gasteiger charge is -2.25. The molecule has 10 N–H and O–H groups in total. The lowest BCUT2D eigenvalue weighted by Crippen LogP contribution is -2.59. The van der Waals surface area contributed by atoms with E-state index in [1.165, 1.54) is 23.5 Å². The summed E-state index contributed by atoms with van der Waals surface area (Å²) in [7, 11) is 0. The zero-order valence-electron chi connectivity index (χ0n) is 37.7. The monoisotopic (exact) mass is 966 g/mol. The van der Waals surface area contributed by atoms with Gasteiger partial charge in [-0.25, -0.2) is 0 Å². The second-order valence-corrected chi connectivity index (χ2v) is 20.6. The summed E-state index contributed by atoms with van der Waals surface area (Å²) < 4.78 is -1.68. The number of amides is 6. The number of aliphatic carboxylic acids is 2. The van der Waals surface area contributed by atoms with Gasteiger partial charge in [-0.15, -0.1) is 23.5 Å². The van der Waals surface area contributed by atoms with E-state index in [0.29, 0.717) is 11.1 Å². The Hall–Kier alpha value is -6.74. The third kappa shape index (κ3) is 12.6. The van der Waals surface area contributed by atoms with Gasteiger partial charge in [-0.1, -0.05) is 97.1 Å². The van der Waals surface area contributed by atoms with Crippen LogP contribution in [0.1, 0.15) is 48.4 Å². The van der Waals surface area contributed by atoms with Crippen molar-refractivity contribution in [2.24, 2.45) is 0 Å². The molecule has 4 aromatic rings. The molecule has 6 atom stereocenters. The third-order valence-electron chi connectivity index (χ3n) is 11.2. The van der Waals surface area contributed by atoms with E-state index in [2.05, 4.69) is 42.5 Å². The Balaban J connectivity index is 1.08. The lowest BCUT2D eigenvalue weighted by molar-refractivity contribution is -0.138. The second kappa shape index (κ2) is 22.4. The van der Waals surface area contributed by atoms with Gasteiger partial charge in [0.1, 0.15) is 37.3 Å². The van der Waals surface area contributed by atoms with Crippen LogP contribution in [-0.2, 0) is 28.8 Å². The summed E-state index contributed by atoms with van der Waals surface area (Å²) in [5.74, 6) is -6.19. The number of hydrogen-bond donors (Lipinski definition) is 10. The van der Waals surface area contributed by atoms with Crippen molar-refractivity contribution in [2.45, 2.75) is 72.1 Å². The Morgan fingerprint density at radius 1 is 0.515 bits per heavy atom. The molecule has 68 heavy (non-hydrogen) atoms. The highest BCUT2D eigenvalue weighted by Gasteiger charge is 2.51. The number of carboxylic acid groups (broad SMARTS) is 2. The predicted octanol–water partition coefficient (Wildman–Crippen LogP) is 2.17. The smallest absolute Gasteiger partial charge is 0.322 e. The van der Waals surface area contributed by atoms with Gasteiger partial charge in [-0.2, -0.15) is 0 Å². The van der Waals surface area contributed by atoms with E-state index >= 15 is 0 Å². The molecule has 358 valence electrons. The second-order valence-electron chi connectivity index (χ2n) is 17.0. The van der Waals surface area contributed by atoms with E-state index < -0.39 is 105 Å². The fraction of sp³-hybridized carbons (Fsp3) is 0.333. The highest BCUT2D eigenvalue weighted by Crippen LogP contribution is 2.41. The molecule has 2 saturated heterocycles. The first-order valence-corrected chi connectivity index (χ1v) is 23.4. The van der Waals surface area contributed by atoms with Crippen molar-refractivity contribution < 1.29 is 48.6 Å². The zero-order valence-corrected chi connectivity index (χ0v) is 39.3. The van der Waals surface area contributed by atoms with Crippen molar-refractivity contribution in [3.8, 4) is 22.3 Å². The molecule has 2 aliphatic rings. The van der Waals surface area contributed by atoms with E-state index in [1.54, 1.807) is 76.2 Å². The first kappa shape index (κ1) is 50.7. The summed E-state index contributed by atoms with van der Waals surface area (Å²) in [5, 5.41) is 39.0. The van der Waals surface area contributed by atoms with Gasteiger partial charge in [-0.3, -0.25) is 49.0 Å². The number of rotatable bonds is 19. The average Bonchev–Trinajstić information content (AvgIpc) is 3.83. The van der Waals surface area contributed by atoms with E-state index in [9.17, 15) is 48.6 Å². The largest absolute Gasteiger partial charge is 0.480 e. The van der Waals surface area contributed by atoms with E-state index in [0.717, 1.165) is 11.1 Å². The summed E-state index contributed by atoms with van der Waals surface area (Å²) in [5.41, 5.74) is 3.35. The van der Waals surface area contributed by atoms with Crippen molar-refractivity contribution in [1.82, 2.24) is 42.5 Å². The molecule has 0 spiro atoms. The zero-order chi connectivity index (χ0) is 49.2. The van der Waals surface area contributed by atoms with Crippen LogP contribution in [0.4, 0.5) is 0 Å². The molecule has 0 unspecified atom stereocenters. The summed E-state index contributed by atoms with van der Waals surface area (Å²) in [6.07, 6.45) is 0. The van der Waals surface area contributed by atoms with E-state index in [4.69, 9.17) is 0 Å². The van der Waals surface area contributed by atoms with Crippen LogP contribution >= 0.6 is 23.5 Å². The molecule has 0 aliphatic carbocycles. The van der Waals surface area contributed by atoms with Gasteiger partial charge in [0.05, 0.1) is 10.7 Å². The SMILES string of the molecule is CC1(C)S[C@H]([C@H](NC(=O)c2ccccc2-c2ccccc2)C(=O)NCC(=O)O)N[C@H]1C(=O)NCCNC(=O)[C@@H]1N[C@@H]([C@H](NC(=O)c2ccccc2-c2ccccc2)C(=O)NCC(=O)O)SC1(C)C. The molecular weight excluding hydrogens is 913 g/mol. The minimum absolute atomic E-state index is 0.00941. The third-order valence-corrected chi connectivity index (χ3v) is 14.3. The molecule has 2 heterocycles. The van der Waals surface area contributed by atoms with Crippen LogP contribution in [0.3, 0.4) is 0 Å². The van der Waals surface area contributed by atoms with Gasteiger partial charge in [0.25, 0.3) is 11.8 Å². The van der Waals surface area contributed by atoms with Gasteiger partial charge in [0, 0.05) is 33.7 Å². The lowest BCUT2D eigenvalue weighted by atomic mass is 9.99. The van der Waals surface area contributed by atoms with Crippen molar-refractivity contribution in [1.29, 1.82) is 0 Å². The summed E-state index contributed by atoms with van der Waals surface area (Å²) >= 11 is 2.45. The summed E-state index contributed by atoms with van der Waals surface area (Å²) in [6.45, 7) is 5.74. The molecule has 0 aromatic heterocycles. The normalized spacial score (nSPS) is 19.9. The fourth-order valence-corrected chi connectivity index (χ4v) is 10.9. The Kier molecular flexibility index (Phi) is 16.7. The van der Waals surface area contributed by atoms with Crippen LogP contribution in [0.25, 0.3) is 22.3 Å². The number of nitrogens with one attached hydrogen (secondary N) is 8. The standard InChI is InChI=1S/C48H54N8O10S2/c1-47(2)37(55-45(67-47)35(41(63)51-25-33(57)58)53-39(61)31-21-13-11-19-29(31)27-15-7-5-8-16-27)43(65)49-23-24-50-44(66)38-48(3,4)68-46(56-38)36(42(64)52-26-34(59)60)54-40(62)32-22-14-12-20-30(32)28-17-9-6-10-18-28/h5-22,35-38,45-46,55-56H,23-26H2,1-4H3,(H,49,65)(H,50,66)(H,51,63)(H,52,64)(H,53,61)(H,54,62)(H,57,58)(H,59,60)/t35-,36-,37+,38+,45-,46-/m1/s1. The number of benzene rings is 4. The van der Waals surface area contributed by atoms with Crippen LogP contribution in [0.15, 0.2) is 109 Å². The summed E-state index contributed by atoms with van der Waals surface area (Å²) in [4.78, 5) is 105. The maximum absolute atomic E-state index is 13.9. The van der Waals surface area contributed by atoms with Gasteiger partial charge in [0.2, 0.25) is 23.6 Å². The Morgan fingerprint density at radius 3 is 1.21 bits per heavy atom. The van der Waals surface area contributed by atoms with Crippen molar-refractivity contribution in [3.63, 3.8) is 0 Å². The molecule has 2 fully saturated rings. The number of hydrogen-bond acceptors (Lipinski definition) is 12. The molecule has 0 radical (unpaired) electrons. The molecule has 0 bridgehead atoms. The summed E-state index contributed by atoms with van der Waals surface area (Å²) in [6, 6.07) is 27.7. The maximum Gasteiger partial charge on any atom is 0.322 e. The Labute approximate surface area is 401 Å². The molecule has 18 nitrogen and oxygen atoms in total. The highest BCUT2D eigenvalue weighted by atomic mass is 32.2. The molecule has 6 rings (SSSR count). The van der Waals surface area contributed by atoms with Crippen LogP contribution in [0, 0.1) is 0 Å². The Morgan fingerprint density at radius 2 is 0.853 bits per heavy atom. The fourth-order valence-electron chi connectivity index (χ4n) is 7.92. The van der Waals surface area contributed by atoms with Gasteiger partial charge < -0.3 is 42.1 Å². The van der Waals surface area contributed by atoms with Crippen molar-refractivity contribution >= 4 is 70.9 Å². The van der Waals surface area contributed by atoms with E-state index in [1.807, 2.05) is 60.7 Å². The van der Waals surface area contributed by atoms with Crippen molar-refractivity contribution in [2.75, 3.05) is 26.2 Å². The molecular formula is C48H54N8O10S2. The van der Waals surface area contributed by atoms with Gasteiger partial charge >= 0.3 is 11.9 Å². The highest BCUT2D eigenvalue weighted by molar-refractivity contribution is 8.01. The predicted molar refractivity (Wildman–Crippen MR) is 258 cm³/mol. The topological polar surface area (TPSA) is 273 Å². The molecule has 0 saturated carbocycles. The minimum atomic E-state index is -1.31. The minimum Gasteiger partial charge on any atom is -0.480 e. The first-order chi connectivity index (χ1) is 32.4. The first-order valence-electron chi connectivity index (χ1n) is 21.7. The molecule has 4 aromatic carbocycles. The van der Waals surface area contributed by atoms with Crippen LogP contribution < -0.4 is 42.5 Å². The number of carboxylic acids is 2. The average molecular weight is 967 g/mol. The van der Waals surface area contributed by atoms with Crippen LogP contribution in [0.5, 0.6) is 0 Å². The van der Waals surface area contributed by atoms with E-state index in [-0.39, 0.29) is 24.2 Å².